The van der Waals surface area contributed by atoms with Gasteiger partial charge in [0.05, 0.1) is 0 Å². The Bertz CT molecular complexity index is 334. The lowest BCUT2D eigenvalue weighted by molar-refractivity contribution is 0.360. The van der Waals surface area contributed by atoms with Crippen molar-refractivity contribution in [1.82, 2.24) is 4.90 Å². The van der Waals surface area contributed by atoms with Gasteiger partial charge in [0.1, 0.15) is 0 Å². The summed E-state index contributed by atoms with van der Waals surface area (Å²) < 4.78 is 0. The third kappa shape index (κ3) is 2.34. The summed E-state index contributed by atoms with van der Waals surface area (Å²) in [5, 5.41) is 0. The third-order valence-electron chi connectivity index (χ3n) is 3.43. The molecule has 0 unspecified atom stereocenters. The van der Waals surface area contributed by atoms with Gasteiger partial charge < -0.3 is 5.73 Å². The standard InChI is InChI=1S/C14H20N2/c1-2-8-16-10-13(9-15)14(11-16)12-6-4-3-5-7-12/h2-7,13-14H,1,8-11,15H2/t13-,14+/m1/s1. The van der Waals surface area contributed by atoms with Gasteiger partial charge in [0.2, 0.25) is 0 Å². The van der Waals surface area contributed by atoms with E-state index in [9.17, 15) is 0 Å². The summed E-state index contributed by atoms with van der Waals surface area (Å²) in [6, 6.07) is 10.7. The molecule has 2 heteroatoms. The predicted molar refractivity (Wildman–Crippen MR) is 68.4 cm³/mol. The molecule has 1 aromatic carbocycles. The second-order valence-corrected chi connectivity index (χ2v) is 4.52. The first-order valence-electron chi connectivity index (χ1n) is 5.93. The average Bonchev–Trinajstić information content (AvgIpc) is 2.74. The zero-order valence-corrected chi connectivity index (χ0v) is 9.68. The highest BCUT2D eigenvalue weighted by Crippen LogP contribution is 2.31. The number of nitrogens with zero attached hydrogens (tertiary/aromatic N) is 1. The van der Waals surface area contributed by atoms with Gasteiger partial charge >= 0.3 is 0 Å². The lowest BCUT2D eigenvalue weighted by Crippen LogP contribution is -2.23. The highest BCUT2D eigenvalue weighted by atomic mass is 15.1. The molecule has 2 nitrogen and oxygen atoms in total. The summed E-state index contributed by atoms with van der Waals surface area (Å²) in [6.45, 7) is 7.75. The van der Waals surface area contributed by atoms with E-state index in [1.54, 1.807) is 0 Å². The molecule has 86 valence electrons. The Morgan fingerprint density at radius 2 is 2.06 bits per heavy atom. The van der Waals surface area contributed by atoms with Crippen molar-refractivity contribution in [2.75, 3.05) is 26.2 Å². The molecule has 2 N–H and O–H groups in total. The van der Waals surface area contributed by atoms with Gasteiger partial charge in [-0.3, -0.25) is 4.90 Å². The molecule has 1 aliphatic heterocycles. The Balaban J connectivity index is 2.11. The largest absolute Gasteiger partial charge is 0.330 e. The van der Waals surface area contributed by atoms with Gasteiger partial charge in [0.15, 0.2) is 0 Å². The monoisotopic (exact) mass is 216 g/mol. The molecule has 1 aliphatic rings. The van der Waals surface area contributed by atoms with Crippen molar-refractivity contribution in [2.45, 2.75) is 5.92 Å². The molecule has 1 heterocycles. The summed E-state index contributed by atoms with van der Waals surface area (Å²) in [5.74, 6) is 1.17. The van der Waals surface area contributed by atoms with E-state index in [2.05, 4.69) is 41.8 Å². The third-order valence-corrected chi connectivity index (χ3v) is 3.43. The maximum atomic E-state index is 5.87. The molecule has 1 fully saturated rings. The van der Waals surface area contributed by atoms with Crippen LogP contribution in [0.4, 0.5) is 0 Å². The number of likely N-dealkylation sites (tertiary alicyclic amines) is 1. The Morgan fingerprint density at radius 3 is 2.69 bits per heavy atom. The van der Waals surface area contributed by atoms with E-state index < -0.39 is 0 Å². The van der Waals surface area contributed by atoms with Crippen LogP contribution in [0.2, 0.25) is 0 Å². The molecule has 0 spiro atoms. The molecule has 0 aliphatic carbocycles. The first-order chi connectivity index (χ1) is 7.85. The average molecular weight is 216 g/mol. The first-order valence-corrected chi connectivity index (χ1v) is 5.93. The molecule has 1 saturated heterocycles. The maximum Gasteiger partial charge on any atom is 0.0160 e. The van der Waals surface area contributed by atoms with Crippen molar-refractivity contribution >= 4 is 0 Å². The lowest BCUT2D eigenvalue weighted by atomic mass is 9.89. The van der Waals surface area contributed by atoms with Gasteiger partial charge in [-0.25, -0.2) is 0 Å². The summed E-state index contributed by atoms with van der Waals surface area (Å²) in [6.07, 6.45) is 1.97. The van der Waals surface area contributed by atoms with Gasteiger partial charge in [0.25, 0.3) is 0 Å². The smallest absolute Gasteiger partial charge is 0.0160 e. The normalized spacial score (nSPS) is 25.8. The topological polar surface area (TPSA) is 29.3 Å². The Kier molecular flexibility index (Phi) is 3.75. The number of rotatable bonds is 4. The molecular weight excluding hydrogens is 196 g/mol. The van der Waals surface area contributed by atoms with Crippen LogP contribution in [0.1, 0.15) is 11.5 Å². The van der Waals surface area contributed by atoms with E-state index in [0.717, 1.165) is 26.2 Å². The molecule has 0 radical (unpaired) electrons. The fraction of sp³-hybridized carbons (Fsp3) is 0.429. The van der Waals surface area contributed by atoms with Crippen LogP contribution in [-0.4, -0.2) is 31.1 Å². The van der Waals surface area contributed by atoms with Crippen molar-refractivity contribution in [1.29, 1.82) is 0 Å². The fourth-order valence-corrected chi connectivity index (χ4v) is 2.61. The number of hydrogen-bond acceptors (Lipinski definition) is 2. The minimum Gasteiger partial charge on any atom is -0.330 e. The van der Waals surface area contributed by atoms with Crippen molar-refractivity contribution in [3.05, 3.63) is 48.6 Å². The van der Waals surface area contributed by atoms with E-state index in [4.69, 9.17) is 5.73 Å². The minimum atomic E-state index is 0.586. The SMILES string of the molecule is C=CCN1C[C@@H](CN)[C@H](c2ccccc2)C1. The van der Waals surface area contributed by atoms with Crippen molar-refractivity contribution < 1.29 is 0 Å². The number of nitrogens with two attached hydrogens (primary N) is 1. The molecule has 0 amide bonds. The summed E-state index contributed by atoms with van der Waals surface area (Å²) in [7, 11) is 0. The molecule has 0 bridgehead atoms. The molecule has 2 atom stereocenters. The van der Waals surface area contributed by atoms with Crippen LogP contribution in [0.15, 0.2) is 43.0 Å². The van der Waals surface area contributed by atoms with Crippen LogP contribution in [0, 0.1) is 5.92 Å². The van der Waals surface area contributed by atoms with E-state index >= 15 is 0 Å². The molecular formula is C14H20N2. The van der Waals surface area contributed by atoms with E-state index in [1.165, 1.54) is 5.56 Å². The molecule has 16 heavy (non-hydrogen) atoms. The van der Waals surface area contributed by atoms with Gasteiger partial charge in [0, 0.05) is 25.6 Å². The van der Waals surface area contributed by atoms with Gasteiger partial charge in [-0.05, 0) is 18.0 Å². The summed E-state index contributed by atoms with van der Waals surface area (Å²) in [5.41, 5.74) is 7.29. The van der Waals surface area contributed by atoms with Gasteiger partial charge in [-0.15, -0.1) is 6.58 Å². The summed E-state index contributed by atoms with van der Waals surface area (Å²) >= 11 is 0. The quantitative estimate of drug-likeness (QED) is 0.778. The number of hydrogen-bond donors (Lipinski definition) is 1. The van der Waals surface area contributed by atoms with Crippen molar-refractivity contribution in [3.63, 3.8) is 0 Å². The zero-order chi connectivity index (χ0) is 11.4. The van der Waals surface area contributed by atoms with E-state index in [0.29, 0.717) is 11.8 Å². The van der Waals surface area contributed by atoms with Crippen LogP contribution in [0.5, 0.6) is 0 Å². The van der Waals surface area contributed by atoms with Crippen LogP contribution in [0.25, 0.3) is 0 Å². The summed E-state index contributed by atoms with van der Waals surface area (Å²) in [4.78, 5) is 2.43. The zero-order valence-electron chi connectivity index (χ0n) is 9.68. The molecule has 0 aromatic heterocycles. The fourth-order valence-electron chi connectivity index (χ4n) is 2.61. The second kappa shape index (κ2) is 5.28. The number of benzene rings is 1. The van der Waals surface area contributed by atoms with Gasteiger partial charge in [-0.1, -0.05) is 36.4 Å². The van der Waals surface area contributed by atoms with Crippen LogP contribution in [-0.2, 0) is 0 Å². The van der Waals surface area contributed by atoms with Crippen molar-refractivity contribution in [3.8, 4) is 0 Å². The highest BCUT2D eigenvalue weighted by Gasteiger charge is 2.31. The highest BCUT2D eigenvalue weighted by molar-refractivity contribution is 5.22. The molecule has 1 aromatic rings. The Hall–Kier alpha value is -1.12. The van der Waals surface area contributed by atoms with Crippen molar-refractivity contribution in [2.24, 2.45) is 11.7 Å². The van der Waals surface area contributed by atoms with Crippen LogP contribution >= 0.6 is 0 Å². The first kappa shape index (κ1) is 11.4. The van der Waals surface area contributed by atoms with Crippen LogP contribution < -0.4 is 5.73 Å². The predicted octanol–water partition coefficient (Wildman–Crippen LogP) is 1.85. The lowest BCUT2D eigenvalue weighted by Gasteiger charge is -2.16. The molecule has 2 rings (SSSR count). The maximum absolute atomic E-state index is 5.87. The Labute approximate surface area is 97.8 Å². The minimum absolute atomic E-state index is 0.586. The second-order valence-electron chi connectivity index (χ2n) is 4.52. The molecule has 0 saturated carbocycles. The van der Waals surface area contributed by atoms with Crippen LogP contribution in [0.3, 0.4) is 0 Å². The van der Waals surface area contributed by atoms with E-state index in [-0.39, 0.29) is 0 Å². The Morgan fingerprint density at radius 1 is 1.31 bits per heavy atom. The van der Waals surface area contributed by atoms with E-state index in [1.807, 2.05) is 6.08 Å². The van der Waals surface area contributed by atoms with Gasteiger partial charge in [-0.2, -0.15) is 0 Å².